The van der Waals surface area contributed by atoms with Crippen LogP contribution in [0.1, 0.15) is 42.1 Å². The van der Waals surface area contributed by atoms with Gasteiger partial charge in [0, 0.05) is 17.3 Å². The number of Topliss-reactive ketones (excluding diaryl/α,β-unsaturated/α-hetero) is 1. The number of carbonyl (C=O) groups is 1. The van der Waals surface area contributed by atoms with Crippen LogP contribution in [0, 0.1) is 0 Å². The van der Waals surface area contributed by atoms with Gasteiger partial charge < -0.3 is 0 Å². The fourth-order valence-corrected chi connectivity index (χ4v) is 5.39. The summed E-state index contributed by atoms with van der Waals surface area (Å²) in [6.45, 7) is 0. The van der Waals surface area contributed by atoms with Gasteiger partial charge in [0.25, 0.3) is 5.56 Å². The Balaban J connectivity index is 1.57. The van der Waals surface area contributed by atoms with E-state index in [1.807, 2.05) is 18.2 Å². The number of nitrogens with zero attached hydrogens (tertiary/aromatic N) is 2. The first-order chi connectivity index (χ1) is 14.8. The Labute approximate surface area is 184 Å². The van der Waals surface area contributed by atoms with Gasteiger partial charge in [-0.15, -0.1) is 0 Å². The molecule has 0 unspecified atom stereocenters. The SMILES string of the molecule is CS(=O)(=O)Nc1ccc(C(=O)CSc2nc3ccccc3c(=O)n2C2CCCC2)cc1. The highest BCUT2D eigenvalue weighted by Gasteiger charge is 2.23. The Bertz CT molecular complexity index is 1280. The number of nitrogens with one attached hydrogen (secondary N) is 1. The Hall–Kier alpha value is -2.65. The van der Waals surface area contributed by atoms with Crippen LogP contribution < -0.4 is 10.3 Å². The first kappa shape index (κ1) is 21.6. The summed E-state index contributed by atoms with van der Waals surface area (Å²) in [6, 6.07) is 13.7. The standard InChI is InChI=1S/C22H23N3O4S2/c1-31(28,29)24-16-12-10-15(11-13-16)20(26)14-30-22-23-19-9-5-4-8-18(19)21(27)25(22)17-6-2-3-7-17/h4-5,8-13,17,24H,2-3,6-7,14H2,1H3. The second-order valence-corrected chi connectivity index (χ2v) is 10.4. The van der Waals surface area contributed by atoms with Crippen molar-refractivity contribution in [2.24, 2.45) is 0 Å². The smallest absolute Gasteiger partial charge is 0.262 e. The summed E-state index contributed by atoms with van der Waals surface area (Å²) in [4.78, 5) is 30.6. The first-order valence-electron chi connectivity index (χ1n) is 10.1. The maximum Gasteiger partial charge on any atom is 0.262 e. The van der Waals surface area contributed by atoms with Gasteiger partial charge in [0.1, 0.15) is 0 Å². The highest BCUT2D eigenvalue weighted by atomic mass is 32.2. The molecule has 4 rings (SSSR count). The molecule has 2 aromatic carbocycles. The van der Waals surface area contributed by atoms with Gasteiger partial charge in [-0.3, -0.25) is 18.9 Å². The van der Waals surface area contributed by atoms with E-state index in [0.717, 1.165) is 31.9 Å². The van der Waals surface area contributed by atoms with Crippen molar-refractivity contribution in [2.45, 2.75) is 36.9 Å². The maximum atomic E-state index is 13.2. The zero-order chi connectivity index (χ0) is 22.0. The van der Waals surface area contributed by atoms with Crippen LogP contribution in [0.5, 0.6) is 0 Å². The van der Waals surface area contributed by atoms with Crippen molar-refractivity contribution < 1.29 is 13.2 Å². The summed E-state index contributed by atoms with van der Waals surface area (Å²) in [5.41, 5.74) is 1.46. The minimum Gasteiger partial charge on any atom is -0.293 e. The molecular formula is C22H23N3O4S2. The van der Waals surface area contributed by atoms with E-state index >= 15 is 0 Å². The van der Waals surface area contributed by atoms with Crippen molar-refractivity contribution in [3.05, 3.63) is 64.4 Å². The number of aromatic nitrogens is 2. The topological polar surface area (TPSA) is 98.1 Å². The predicted molar refractivity (Wildman–Crippen MR) is 123 cm³/mol. The van der Waals surface area contributed by atoms with Crippen LogP contribution in [0.25, 0.3) is 10.9 Å². The van der Waals surface area contributed by atoms with E-state index < -0.39 is 10.0 Å². The molecule has 1 aliphatic rings. The lowest BCUT2D eigenvalue weighted by molar-refractivity contribution is 0.102. The molecule has 9 heteroatoms. The van der Waals surface area contributed by atoms with Crippen molar-refractivity contribution >= 4 is 44.2 Å². The molecule has 1 aromatic heterocycles. The molecule has 0 atom stereocenters. The summed E-state index contributed by atoms with van der Waals surface area (Å²) in [6.07, 6.45) is 5.12. The fraction of sp³-hybridized carbons (Fsp3) is 0.318. The summed E-state index contributed by atoms with van der Waals surface area (Å²) < 4.78 is 26.8. The number of rotatable bonds is 7. The zero-order valence-electron chi connectivity index (χ0n) is 17.1. The van der Waals surface area contributed by atoms with Crippen molar-refractivity contribution in [3.8, 4) is 0 Å². The molecule has 0 bridgehead atoms. The molecule has 162 valence electrons. The fourth-order valence-electron chi connectivity index (χ4n) is 3.86. The second kappa shape index (κ2) is 8.84. The molecule has 3 aromatic rings. The average molecular weight is 458 g/mol. The maximum absolute atomic E-state index is 13.2. The summed E-state index contributed by atoms with van der Waals surface area (Å²) in [5, 5.41) is 1.17. The van der Waals surface area contributed by atoms with Crippen molar-refractivity contribution in [1.82, 2.24) is 9.55 Å². The van der Waals surface area contributed by atoms with Crippen molar-refractivity contribution in [3.63, 3.8) is 0 Å². The molecule has 7 nitrogen and oxygen atoms in total. The zero-order valence-corrected chi connectivity index (χ0v) is 18.7. The van der Waals surface area contributed by atoms with Crippen LogP contribution in [0.2, 0.25) is 0 Å². The molecule has 0 spiro atoms. The van der Waals surface area contributed by atoms with Gasteiger partial charge in [0.05, 0.1) is 22.9 Å². The highest BCUT2D eigenvalue weighted by Crippen LogP contribution is 2.32. The second-order valence-electron chi connectivity index (χ2n) is 7.69. The van der Waals surface area contributed by atoms with Crippen molar-refractivity contribution in [2.75, 3.05) is 16.7 Å². The minimum atomic E-state index is -3.37. The van der Waals surface area contributed by atoms with Crippen LogP contribution in [-0.2, 0) is 10.0 Å². The van der Waals surface area contributed by atoms with Crippen LogP contribution in [0.15, 0.2) is 58.5 Å². The van der Waals surface area contributed by atoms with Gasteiger partial charge >= 0.3 is 0 Å². The lowest BCUT2D eigenvalue weighted by Gasteiger charge is -2.18. The number of carbonyl (C=O) groups excluding carboxylic acids is 1. The summed E-state index contributed by atoms with van der Waals surface area (Å²) >= 11 is 1.27. The monoisotopic (exact) mass is 457 g/mol. The number of para-hydroxylation sites is 1. The molecular weight excluding hydrogens is 434 g/mol. The number of ketones is 1. The Morgan fingerprint density at radius 1 is 1.13 bits per heavy atom. The number of benzene rings is 2. The van der Waals surface area contributed by atoms with Crippen molar-refractivity contribution in [1.29, 1.82) is 0 Å². The molecule has 0 radical (unpaired) electrons. The molecule has 0 saturated heterocycles. The lowest BCUT2D eigenvalue weighted by Crippen LogP contribution is -2.26. The Kier molecular flexibility index (Phi) is 6.15. The highest BCUT2D eigenvalue weighted by molar-refractivity contribution is 7.99. The van der Waals surface area contributed by atoms with Gasteiger partial charge in [-0.2, -0.15) is 0 Å². The molecule has 0 aliphatic heterocycles. The quantitative estimate of drug-likeness (QED) is 0.329. The van der Waals surface area contributed by atoms with E-state index in [1.54, 1.807) is 34.9 Å². The largest absolute Gasteiger partial charge is 0.293 e. The average Bonchev–Trinajstić information content (AvgIpc) is 3.26. The third-order valence-electron chi connectivity index (χ3n) is 5.31. The minimum absolute atomic E-state index is 0.0522. The van der Waals surface area contributed by atoms with Gasteiger partial charge in [-0.25, -0.2) is 13.4 Å². The molecule has 31 heavy (non-hydrogen) atoms. The van der Waals surface area contributed by atoms with Crippen LogP contribution in [0.4, 0.5) is 5.69 Å². The summed E-state index contributed by atoms with van der Waals surface area (Å²) in [5.74, 6) is 0.0207. The molecule has 1 aliphatic carbocycles. The molecule has 0 amide bonds. The van der Waals surface area contributed by atoms with Gasteiger partial charge in [0.15, 0.2) is 10.9 Å². The van der Waals surface area contributed by atoms with Crippen LogP contribution >= 0.6 is 11.8 Å². The third-order valence-corrected chi connectivity index (χ3v) is 6.87. The number of sulfonamides is 1. The third kappa shape index (κ3) is 4.99. The number of hydrogen-bond acceptors (Lipinski definition) is 6. The lowest BCUT2D eigenvalue weighted by atomic mass is 10.1. The summed E-state index contributed by atoms with van der Waals surface area (Å²) in [7, 11) is -3.37. The van der Waals surface area contributed by atoms with Gasteiger partial charge in [0.2, 0.25) is 10.0 Å². The Morgan fingerprint density at radius 3 is 2.48 bits per heavy atom. The number of fused-ring (bicyclic) bond motifs is 1. The van der Waals surface area contributed by atoms with Gasteiger partial charge in [-0.1, -0.05) is 36.7 Å². The number of hydrogen-bond donors (Lipinski definition) is 1. The van der Waals surface area contributed by atoms with E-state index in [9.17, 15) is 18.0 Å². The Morgan fingerprint density at radius 2 is 1.81 bits per heavy atom. The van der Waals surface area contributed by atoms with E-state index in [4.69, 9.17) is 4.98 Å². The molecule has 1 heterocycles. The van der Waals surface area contributed by atoms with E-state index in [2.05, 4.69) is 4.72 Å². The molecule has 1 fully saturated rings. The van der Waals surface area contributed by atoms with E-state index in [-0.39, 0.29) is 23.1 Å². The number of anilines is 1. The van der Waals surface area contributed by atoms with Crippen LogP contribution in [-0.4, -0.2) is 35.8 Å². The number of thioether (sulfide) groups is 1. The normalized spacial score (nSPS) is 14.7. The first-order valence-corrected chi connectivity index (χ1v) is 12.9. The molecule has 1 N–H and O–H groups in total. The predicted octanol–water partition coefficient (Wildman–Crippen LogP) is 3.86. The van der Waals surface area contributed by atoms with E-state index in [0.29, 0.717) is 27.3 Å². The molecule has 1 saturated carbocycles. The van der Waals surface area contributed by atoms with Crippen LogP contribution in [0.3, 0.4) is 0 Å². The van der Waals surface area contributed by atoms with E-state index in [1.165, 1.54) is 11.8 Å². The van der Waals surface area contributed by atoms with Gasteiger partial charge in [-0.05, 0) is 49.2 Å².